The molecule has 10 heteroatoms. The van der Waals surface area contributed by atoms with Gasteiger partial charge in [-0.2, -0.15) is 0 Å². The maximum absolute atomic E-state index is 12.1. The maximum Gasteiger partial charge on any atom is 0.338 e. The molecule has 0 bridgehead atoms. The Bertz CT molecular complexity index is 946. The second-order valence-corrected chi connectivity index (χ2v) is 6.46. The van der Waals surface area contributed by atoms with Crippen molar-refractivity contribution in [1.82, 2.24) is 0 Å². The lowest BCUT2D eigenvalue weighted by atomic mass is 10.2. The summed E-state index contributed by atoms with van der Waals surface area (Å²) in [6, 6.07) is 10.3. The third kappa shape index (κ3) is 4.42. The van der Waals surface area contributed by atoms with Gasteiger partial charge in [-0.3, -0.25) is 19.7 Å². The number of nitro benzene ring substituents is 1. The number of hydrogen-bond donors (Lipinski definition) is 2. The SMILES string of the molecule is O=C1CSc2ccc(C(=O)OCC(=O)Nc3ccccc3[N+](=O)[O-])cc2N1. The van der Waals surface area contributed by atoms with E-state index in [1.165, 1.54) is 48.2 Å². The number of nitro groups is 1. The zero-order valence-electron chi connectivity index (χ0n) is 13.8. The van der Waals surface area contributed by atoms with Gasteiger partial charge in [0.15, 0.2) is 6.61 Å². The van der Waals surface area contributed by atoms with E-state index in [1.807, 2.05) is 0 Å². The molecule has 0 aromatic heterocycles. The first kappa shape index (κ1) is 18.4. The fraction of sp³-hybridized carbons (Fsp3) is 0.118. The van der Waals surface area contributed by atoms with Gasteiger partial charge in [0.05, 0.1) is 21.9 Å². The first-order valence-electron chi connectivity index (χ1n) is 7.71. The Morgan fingerprint density at radius 1 is 1.26 bits per heavy atom. The molecular weight excluding hydrogens is 374 g/mol. The van der Waals surface area contributed by atoms with E-state index in [2.05, 4.69) is 10.6 Å². The smallest absolute Gasteiger partial charge is 0.338 e. The predicted molar refractivity (Wildman–Crippen MR) is 97.8 cm³/mol. The van der Waals surface area contributed by atoms with E-state index in [-0.39, 0.29) is 22.8 Å². The van der Waals surface area contributed by atoms with Crippen LogP contribution < -0.4 is 10.6 Å². The van der Waals surface area contributed by atoms with E-state index >= 15 is 0 Å². The molecule has 138 valence electrons. The Morgan fingerprint density at radius 2 is 2.04 bits per heavy atom. The number of hydrogen-bond acceptors (Lipinski definition) is 7. The third-order valence-electron chi connectivity index (χ3n) is 3.56. The summed E-state index contributed by atoms with van der Waals surface area (Å²) in [6.45, 7) is -0.608. The van der Waals surface area contributed by atoms with Crippen LogP contribution in [-0.4, -0.2) is 35.1 Å². The van der Waals surface area contributed by atoms with E-state index in [0.29, 0.717) is 11.4 Å². The Morgan fingerprint density at radius 3 is 2.81 bits per heavy atom. The molecule has 2 aromatic carbocycles. The van der Waals surface area contributed by atoms with Gasteiger partial charge in [0, 0.05) is 11.0 Å². The van der Waals surface area contributed by atoms with Crippen LogP contribution in [0.4, 0.5) is 17.1 Å². The Hall–Kier alpha value is -3.40. The number of amides is 2. The first-order chi connectivity index (χ1) is 12.9. The normalized spacial score (nSPS) is 12.5. The molecule has 2 aromatic rings. The number of fused-ring (bicyclic) bond motifs is 1. The third-order valence-corrected chi connectivity index (χ3v) is 4.63. The fourth-order valence-corrected chi connectivity index (χ4v) is 3.14. The summed E-state index contributed by atoms with van der Waals surface area (Å²) in [6.07, 6.45) is 0. The second-order valence-electron chi connectivity index (χ2n) is 5.45. The van der Waals surface area contributed by atoms with Crippen LogP contribution in [0.1, 0.15) is 10.4 Å². The summed E-state index contributed by atoms with van der Waals surface area (Å²) in [7, 11) is 0. The lowest BCUT2D eigenvalue weighted by Gasteiger charge is -2.16. The molecule has 0 radical (unpaired) electrons. The van der Waals surface area contributed by atoms with Crippen LogP contribution in [-0.2, 0) is 14.3 Å². The Balaban J connectivity index is 1.61. The van der Waals surface area contributed by atoms with Crippen LogP contribution in [0, 0.1) is 10.1 Å². The van der Waals surface area contributed by atoms with Crippen LogP contribution >= 0.6 is 11.8 Å². The van der Waals surface area contributed by atoms with Gasteiger partial charge in [0.1, 0.15) is 5.69 Å². The lowest BCUT2D eigenvalue weighted by molar-refractivity contribution is -0.383. The molecule has 9 nitrogen and oxygen atoms in total. The fourth-order valence-electron chi connectivity index (χ4n) is 2.35. The van der Waals surface area contributed by atoms with Crippen molar-refractivity contribution in [2.24, 2.45) is 0 Å². The van der Waals surface area contributed by atoms with Gasteiger partial charge in [-0.25, -0.2) is 4.79 Å². The summed E-state index contributed by atoms with van der Waals surface area (Å²) in [5.74, 6) is -1.32. The number of anilines is 2. The minimum Gasteiger partial charge on any atom is -0.452 e. The van der Waals surface area contributed by atoms with Crippen molar-refractivity contribution in [3.8, 4) is 0 Å². The highest BCUT2D eigenvalue weighted by Gasteiger charge is 2.19. The van der Waals surface area contributed by atoms with Crippen LogP contribution in [0.3, 0.4) is 0 Å². The number of nitrogens with zero attached hydrogens (tertiary/aromatic N) is 1. The monoisotopic (exact) mass is 387 g/mol. The highest BCUT2D eigenvalue weighted by Crippen LogP contribution is 2.32. The van der Waals surface area contributed by atoms with Crippen molar-refractivity contribution in [3.63, 3.8) is 0 Å². The van der Waals surface area contributed by atoms with Crippen LogP contribution in [0.15, 0.2) is 47.4 Å². The predicted octanol–water partition coefficient (Wildman–Crippen LogP) is 2.43. The molecule has 1 aliphatic rings. The number of rotatable bonds is 5. The quantitative estimate of drug-likeness (QED) is 0.458. The summed E-state index contributed by atoms with van der Waals surface area (Å²) in [5.41, 5.74) is 0.433. The van der Waals surface area contributed by atoms with Crippen LogP contribution in [0.2, 0.25) is 0 Å². The molecule has 1 aliphatic heterocycles. The standard InChI is InChI=1S/C17H13N3O6S/c21-15(18-11-3-1-2-4-13(11)20(24)25)8-26-17(23)10-5-6-14-12(7-10)19-16(22)9-27-14/h1-7H,8-9H2,(H,18,21)(H,19,22). The largest absolute Gasteiger partial charge is 0.452 e. The molecule has 2 amide bonds. The summed E-state index contributed by atoms with van der Waals surface area (Å²) < 4.78 is 4.94. The molecule has 0 spiro atoms. The van der Waals surface area contributed by atoms with Crippen LogP contribution in [0.5, 0.6) is 0 Å². The van der Waals surface area contributed by atoms with Gasteiger partial charge >= 0.3 is 5.97 Å². The minimum atomic E-state index is -0.750. The van der Waals surface area contributed by atoms with Crippen molar-refractivity contribution in [2.75, 3.05) is 23.0 Å². The minimum absolute atomic E-state index is 0.0112. The molecule has 0 saturated carbocycles. The maximum atomic E-state index is 12.1. The number of carbonyl (C=O) groups excluding carboxylic acids is 3. The van der Waals surface area contributed by atoms with Gasteiger partial charge in [0.2, 0.25) is 5.91 Å². The van der Waals surface area contributed by atoms with Crippen LogP contribution in [0.25, 0.3) is 0 Å². The number of para-hydroxylation sites is 2. The molecular formula is C17H13N3O6S. The molecule has 0 saturated heterocycles. The van der Waals surface area contributed by atoms with Crippen molar-refractivity contribution in [3.05, 3.63) is 58.1 Å². The van der Waals surface area contributed by atoms with Gasteiger partial charge in [0.25, 0.3) is 11.6 Å². The topological polar surface area (TPSA) is 128 Å². The molecule has 3 rings (SSSR count). The molecule has 0 fully saturated rings. The van der Waals surface area contributed by atoms with Gasteiger partial charge in [-0.05, 0) is 24.3 Å². The molecule has 2 N–H and O–H groups in total. The zero-order chi connectivity index (χ0) is 19.4. The number of ether oxygens (including phenoxy) is 1. The molecule has 0 unspecified atom stereocenters. The Kier molecular flexibility index (Phi) is 5.36. The highest BCUT2D eigenvalue weighted by atomic mass is 32.2. The molecule has 0 aliphatic carbocycles. The number of nitrogens with one attached hydrogen (secondary N) is 2. The molecule has 1 heterocycles. The summed E-state index contributed by atoms with van der Waals surface area (Å²) in [4.78, 5) is 46.6. The van der Waals surface area contributed by atoms with Crippen molar-refractivity contribution in [1.29, 1.82) is 0 Å². The van der Waals surface area contributed by atoms with Gasteiger partial charge in [-0.1, -0.05) is 12.1 Å². The van der Waals surface area contributed by atoms with Crippen molar-refractivity contribution in [2.45, 2.75) is 4.90 Å². The zero-order valence-corrected chi connectivity index (χ0v) is 14.6. The number of carbonyl (C=O) groups is 3. The summed E-state index contributed by atoms with van der Waals surface area (Å²) >= 11 is 1.36. The average molecular weight is 387 g/mol. The highest BCUT2D eigenvalue weighted by molar-refractivity contribution is 8.00. The van der Waals surface area contributed by atoms with E-state index < -0.39 is 23.4 Å². The lowest BCUT2D eigenvalue weighted by Crippen LogP contribution is -2.22. The van der Waals surface area contributed by atoms with Gasteiger partial charge < -0.3 is 15.4 Å². The average Bonchev–Trinajstić information content (AvgIpc) is 2.65. The molecule has 27 heavy (non-hydrogen) atoms. The number of benzene rings is 2. The summed E-state index contributed by atoms with van der Waals surface area (Å²) in [5, 5.41) is 15.9. The van der Waals surface area contributed by atoms with E-state index in [9.17, 15) is 24.5 Å². The van der Waals surface area contributed by atoms with Crippen molar-refractivity contribution >= 4 is 46.6 Å². The molecule has 0 atom stereocenters. The first-order valence-corrected chi connectivity index (χ1v) is 8.69. The van der Waals surface area contributed by atoms with Crippen molar-refractivity contribution < 1.29 is 24.0 Å². The number of thioether (sulfide) groups is 1. The van der Waals surface area contributed by atoms with Gasteiger partial charge in [-0.15, -0.1) is 11.8 Å². The Labute approximate surface area is 157 Å². The van der Waals surface area contributed by atoms with E-state index in [0.717, 1.165) is 4.90 Å². The van der Waals surface area contributed by atoms with E-state index in [1.54, 1.807) is 6.07 Å². The van der Waals surface area contributed by atoms with E-state index in [4.69, 9.17) is 4.74 Å². The second kappa shape index (κ2) is 7.87. The number of esters is 1.